The number of hydrogen-bond acceptors (Lipinski definition) is 4. The third-order valence-corrected chi connectivity index (χ3v) is 5.52. The number of hydrogen-bond donors (Lipinski definition) is 1. The van der Waals surface area contributed by atoms with Gasteiger partial charge in [0, 0.05) is 24.4 Å². The van der Waals surface area contributed by atoms with Gasteiger partial charge in [-0.15, -0.1) is 0 Å². The molecule has 2 aliphatic rings. The Kier molecular flexibility index (Phi) is 7.35. The third-order valence-electron chi connectivity index (χ3n) is 5.52. The first-order chi connectivity index (χ1) is 13.5. The summed E-state index contributed by atoms with van der Waals surface area (Å²) in [7, 11) is 1.71. The lowest BCUT2D eigenvalue weighted by Crippen LogP contribution is -2.40. The Balaban J connectivity index is 2.36. The zero-order valence-electron chi connectivity index (χ0n) is 17.5. The highest BCUT2D eigenvalue weighted by Gasteiger charge is 2.42. The van der Waals surface area contributed by atoms with E-state index in [1.165, 1.54) is 5.57 Å². The van der Waals surface area contributed by atoms with Gasteiger partial charge in [0.05, 0.1) is 6.54 Å². The first-order valence-electron chi connectivity index (χ1n) is 9.88. The summed E-state index contributed by atoms with van der Waals surface area (Å²) in [6, 6.07) is 0. The van der Waals surface area contributed by atoms with Crippen LogP contribution in [0.4, 0.5) is 0 Å². The Morgan fingerprint density at radius 1 is 1.29 bits per heavy atom. The normalized spacial score (nSPS) is 25.2. The molecule has 0 saturated carbocycles. The SMILES string of the molecule is C=C/C=C\C1=CN(CC2=NC(=NC)/C(=C\C=C)N2N)C(=C)C1(CC)CCCC. The Morgan fingerprint density at radius 2 is 2.04 bits per heavy atom. The molecule has 0 aromatic heterocycles. The summed E-state index contributed by atoms with van der Waals surface area (Å²) in [5.74, 6) is 7.65. The van der Waals surface area contributed by atoms with Crippen molar-refractivity contribution in [3.8, 4) is 0 Å². The number of nitrogens with two attached hydrogens (primary N) is 1. The van der Waals surface area contributed by atoms with E-state index < -0.39 is 0 Å². The van der Waals surface area contributed by atoms with E-state index in [2.05, 4.69) is 60.7 Å². The minimum Gasteiger partial charge on any atom is -0.343 e. The van der Waals surface area contributed by atoms with Crippen molar-refractivity contribution in [2.75, 3.05) is 13.6 Å². The van der Waals surface area contributed by atoms with E-state index in [1.807, 2.05) is 18.2 Å². The molecular weight excluding hydrogens is 346 g/mol. The number of rotatable bonds is 9. The lowest BCUT2D eigenvalue weighted by molar-refractivity contribution is 0.332. The molecule has 0 bridgehead atoms. The molecule has 1 unspecified atom stereocenters. The van der Waals surface area contributed by atoms with Crippen LogP contribution in [0.1, 0.15) is 39.5 Å². The van der Waals surface area contributed by atoms with Gasteiger partial charge in [-0.05, 0) is 24.5 Å². The molecule has 0 fully saturated rings. The Morgan fingerprint density at radius 3 is 2.61 bits per heavy atom. The Labute approximate surface area is 169 Å². The van der Waals surface area contributed by atoms with Crippen LogP contribution in [0.25, 0.3) is 0 Å². The lowest BCUT2D eigenvalue weighted by atomic mass is 9.73. The van der Waals surface area contributed by atoms with Gasteiger partial charge in [0.2, 0.25) is 0 Å². The van der Waals surface area contributed by atoms with Crippen LogP contribution in [-0.2, 0) is 0 Å². The molecule has 1 atom stereocenters. The van der Waals surface area contributed by atoms with Crippen molar-refractivity contribution in [1.82, 2.24) is 9.91 Å². The van der Waals surface area contributed by atoms with Crippen molar-refractivity contribution in [2.45, 2.75) is 39.5 Å². The second kappa shape index (κ2) is 9.51. The maximum Gasteiger partial charge on any atom is 0.174 e. The van der Waals surface area contributed by atoms with Gasteiger partial charge in [-0.25, -0.2) is 10.8 Å². The number of unbranched alkanes of at least 4 members (excludes halogenated alkanes) is 1. The monoisotopic (exact) mass is 379 g/mol. The fourth-order valence-corrected chi connectivity index (χ4v) is 3.85. The van der Waals surface area contributed by atoms with Gasteiger partial charge in [-0.2, -0.15) is 0 Å². The fraction of sp³-hybridized carbons (Fsp3) is 0.391. The van der Waals surface area contributed by atoms with Gasteiger partial charge in [-0.3, -0.25) is 10.0 Å². The minimum atomic E-state index is -0.0599. The molecule has 2 heterocycles. The largest absolute Gasteiger partial charge is 0.343 e. The predicted octanol–water partition coefficient (Wildman–Crippen LogP) is 4.71. The van der Waals surface area contributed by atoms with E-state index in [-0.39, 0.29) is 5.41 Å². The van der Waals surface area contributed by atoms with Crippen LogP contribution in [0.15, 0.2) is 83.3 Å². The van der Waals surface area contributed by atoms with Crippen molar-refractivity contribution in [1.29, 1.82) is 0 Å². The van der Waals surface area contributed by atoms with Crippen molar-refractivity contribution in [3.63, 3.8) is 0 Å². The quantitative estimate of drug-likeness (QED) is 0.466. The highest BCUT2D eigenvalue weighted by atomic mass is 15.5. The molecule has 0 radical (unpaired) electrons. The van der Waals surface area contributed by atoms with Gasteiger partial charge in [0.15, 0.2) is 5.84 Å². The second-order valence-electron chi connectivity index (χ2n) is 7.03. The zero-order valence-corrected chi connectivity index (χ0v) is 17.5. The van der Waals surface area contributed by atoms with Crippen molar-refractivity contribution in [2.24, 2.45) is 21.2 Å². The van der Waals surface area contributed by atoms with E-state index in [0.717, 1.165) is 42.9 Å². The van der Waals surface area contributed by atoms with Crippen LogP contribution >= 0.6 is 0 Å². The van der Waals surface area contributed by atoms with Crippen LogP contribution in [0.3, 0.4) is 0 Å². The van der Waals surface area contributed by atoms with Gasteiger partial charge in [0.25, 0.3) is 0 Å². The molecule has 2 aliphatic heterocycles. The summed E-state index contributed by atoms with van der Waals surface area (Å²) >= 11 is 0. The molecule has 0 saturated heterocycles. The summed E-state index contributed by atoms with van der Waals surface area (Å²) in [5, 5.41) is 1.59. The van der Waals surface area contributed by atoms with E-state index in [4.69, 9.17) is 5.84 Å². The van der Waals surface area contributed by atoms with Crippen molar-refractivity contribution >= 4 is 11.7 Å². The maximum atomic E-state index is 6.30. The minimum absolute atomic E-state index is 0.0599. The number of hydrazine groups is 1. The summed E-state index contributed by atoms with van der Waals surface area (Å²) in [6.45, 7) is 17.0. The third kappa shape index (κ3) is 3.94. The summed E-state index contributed by atoms with van der Waals surface area (Å²) in [5.41, 5.74) is 3.05. The average molecular weight is 380 g/mol. The number of nitrogens with zero attached hydrogens (tertiary/aromatic N) is 4. The van der Waals surface area contributed by atoms with Gasteiger partial charge < -0.3 is 4.90 Å². The summed E-state index contributed by atoms with van der Waals surface area (Å²) in [4.78, 5) is 11.0. The van der Waals surface area contributed by atoms with E-state index >= 15 is 0 Å². The smallest absolute Gasteiger partial charge is 0.174 e. The number of allylic oxidation sites excluding steroid dienone is 6. The molecule has 2 N–H and O–H groups in total. The Bertz CT molecular complexity index is 781. The molecule has 28 heavy (non-hydrogen) atoms. The molecule has 5 heteroatoms. The van der Waals surface area contributed by atoms with E-state index in [9.17, 15) is 0 Å². The highest BCUT2D eigenvalue weighted by molar-refractivity contribution is 6.14. The summed E-state index contributed by atoms with van der Waals surface area (Å²) in [6.07, 6.45) is 16.0. The molecule has 0 aliphatic carbocycles. The molecule has 0 aromatic carbocycles. The molecule has 150 valence electrons. The standard InChI is InChI=1S/C23H33N5/c1-7-11-14-19-16-27(18(5)23(19,10-4)15-12-8-2)17-21-26-22(25-6)20(13-9-3)28(21)24/h7,9,11,13-14,16H,1,3,5,8,10,12,15,17,24H2,2,4,6H3/b14-11-,20-13+,25-22?. The van der Waals surface area contributed by atoms with Crippen molar-refractivity contribution < 1.29 is 0 Å². The number of amidine groups is 2. The fourth-order valence-electron chi connectivity index (χ4n) is 3.85. The van der Waals surface area contributed by atoms with Crippen LogP contribution in [-0.4, -0.2) is 35.2 Å². The van der Waals surface area contributed by atoms with Crippen LogP contribution in [0.5, 0.6) is 0 Å². The van der Waals surface area contributed by atoms with Crippen LogP contribution in [0, 0.1) is 5.41 Å². The van der Waals surface area contributed by atoms with E-state index in [0.29, 0.717) is 12.4 Å². The average Bonchev–Trinajstić information content (AvgIpc) is 3.14. The highest BCUT2D eigenvalue weighted by Crippen LogP contribution is 2.49. The molecule has 5 nitrogen and oxygen atoms in total. The Hall–Kier alpha value is -2.66. The second-order valence-corrected chi connectivity index (χ2v) is 7.03. The molecule has 2 rings (SSSR count). The van der Waals surface area contributed by atoms with Gasteiger partial charge >= 0.3 is 0 Å². The lowest BCUT2D eigenvalue weighted by Gasteiger charge is -2.34. The van der Waals surface area contributed by atoms with Gasteiger partial charge in [-0.1, -0.05) is 70.7 Å². The van der Waals surface area contributed by atoms with E-state index in [1.54, 1.807) is 18.1 Å². The summed E-state index contributed by atoms with van der Waals surface area (Å²) < 4.78 is 0. The first kappa shape index (κ1) is 21.6. The molecule has 0 aromatic rings. The predicted molar refractivity (Wildman–Crippen MR) is 121 cm³/mol. The molecule has 0 spiro atoms. The molecule has 0 amide bonds. The van der Waals surface area contributed by atoms with Gasteiger partial charge in [0.1, 0.15) is 11.5 Å². The number of aliphatic imine (C=N–C) groups is 2. The van der Waals surface area contributed by atoms with Crippen molar-refractivity contribution in [3.05, 3.63) is 73.3 Å². The molecular formula is C23H33N5. The maximum absolute atomic E-state index is 6.30. The van der Waals surface area contributed by atoms with Crippen LogP contribution < -0.4 is 5.84 Å². The zero-order chi connectivity index (χ0) is 20.7. The topological polar surface area (TPSA) is 57.2 Å². The van der Waals surface area contributed by atoms with Crippen LogP contribution in [0.2, 0.25) is 0 Å². The first-order valence-corrected chi connectivity index (χ1v) is 9.88.